The van der Waals surface area contributed by atoms with E-state index < -0.39 is 22.1 Å². The number of rotatable bonds is 0. The third-order valence-corrected chi connectivity index (χ3v) is 1.21. The molecule has 0 aliphatic carbocycles. The van der Waals surface area contributed by atoms with Gasteiger partial charge in [0.2, 0.25) is 5.91 Å². The Morgan fingerprint density at radius 3 is 2.14 bits per heavy atom. The second kappa shape index (κ2) is 5.03. The van der Waals surface area contributed by atoms with Crippen LogP contribution in [0.5, 0.6) is 0 Å². The molecule has 2 amide bonds. The van der Waals surface area contributed by atoms with E-state index in [1.165, 1.54) is 0 Å². The highest BCUT2D eigenvalue weighted by atomic mass is 32.2. The Morgan fingerprint density at radius 2 is 1.86 bits per heavy atom. The number of piperidine rings is 1. The van der Waals surface area contributed by atoms with Gasteiger partial charge in [-0.25, -0.2) is 0 Å². The van der Waals surface area contributed by atoms with Crippen LogP contribution in [0.1, 0.15) is 12.8 Å². The minimum atomic E-state index is -3.67. The molecule has 1 unspecified atom stereocenters. The first kappa shape index (κ1) is 13.0. The molecule has 1 rings (SSSR count). The predicted octanol–water partition coefficient (Wildman–Crippen LogP) is -1.71. The minimum Gasteiger partial charge on any atom is -0.383 e. The van der Waals surface area contributed by atoms with E-state index in [0.29, 0.717) is 6.26 Å². The van der Waals surface area contributed by atoms with Crippen LogP contribution in [0.2, 0.25) is 0 Å². The Hall–Kier alpha value is -0.990. The van der Waals surface area contributed by atoms with E-state index in [9.17, 15) is 18.0 Å². The zero-order valence-electron chi connectivity index (χ0n) is 7.43. The van der Waals surface area contributed by atoms with E-state index in [-0.39, 0.29) is 18.7 Å². The highest BCUT2D eigenvalue weighted by molar-refractivity contribution is 7.85. The van der Waals surface area contributed by atoms with Crippen molar-refractivity contribution in [3.63, 3.8) is 0 Å². The maximum Gasteiger partial charge on any atom is 0.261 e. The van der Waals surface area contributed by atoms with Gasteiger partial charge in [-0.15, -0.1) is 0 Å². The van der Waals surface area contributed by atoms with Crippen LogP contribution in [0.15, 0.2) is 0 Å². The number of aliphatic hydroxyl groups excluding tert-OH is 1. The summed E-state index contributed by atoms with van der Waals surface area (Å²) >= 11 is 0. The van der Waals surface area contributed by atoms with Gasteiger partial charge in [0.05, 0.1) is 6.26 Å². The van der Waals surface area contributed by atoms with Crippen molar-refractivity contribution in [2.24, 2.45) is 0 Å². The summed E-state index contributed by atoms with van der Waals surface area (Å²) < 4.78 is 25.9. The fourth-order valence-electron chi connectivity index (χ4n) is 0.682. The average Bonchev–Trinajstić information content (AvgIpc) is 1.94. The first-order valence-corrected chi connectivity index (χ1v) is 5.49. The largest absolute Gasteiger partial charge is 0.383 e. The van der Waals surface area contributed by atoms with E-state index in [2.05, 4.69) is 0 Å². The summed E-state index contributed by atoms with van der Waals surface area (Å²) in [6.45, 7) is 0. The Morgan fingerprint density at radius 1 is 1.43 bits per heavy atom. The van der Waals surface area contributed by atoms with Crippen molar-refractivity contribution in [3.8, 4) is 0 Å². The van der Waals surface area contributed by atoms with Gasteiger partial charge < -0.3 is 5.11 Å². The van der Waals surface area contributed by atoms with Crippen molar-refractivity contribution in [1.82, 2.24) is 5.32 Å². The quantitative estimate of drug-likeness (QED) is 0.333. The molecule has 0 aromatic heterocycles. The molecule has 0 radical (unpaired) electrons. The molecule has 0 aromatic rings. The number of hydrogen-bond acceptors (Lipinski definition) is 5. The summed E-state index contributed by atoms with van der Waals surface area (Å²) in [5, 5.41) is 10.7. The van der Waals surface area contributed by atoms with E-state index in [0.717, 1.165) is 0 Å². The molecule has 3 N–H and O–H groups in total. The Labute approximate surface area is 80.9 Å². The standard InChI is InChI=1S/C5H7NO3.CH4O3S/c7-3-1-2-4(8)6-5(3)9;1-5(2,3)4/h3,7H,1-2H2,(H,6,8,9);1H3,(H,2,3,4). The molecule has 1 heterocycles. The third-order valence-electron chi connectivity index (χ3n) is 1.21. The van der Waals surface area contributed by atoms with Crippen LogP contribution in [0.4, 0.5) is 0 Å². The van der Waals surface area contributed by atoms with Crippen molar-refractivity contribution in [2.75, 3.05) is 6.26 Å². The van der Waals surface area contributed by atoms with Gasteiger partial charge in [-0.05, 0) is 6.42 Å². The molecule has 14 heavy (non-hydrogen) atoms. The minimum absolute atomic E-state index is 0.243. The average molecular weight is 225 g/mol. The molecule has 1 aliphatic rings. The molecule has 0 saturated carbocycles. The molecule has 1 fully saturated rings. The molecule has 7 nitrogen and oxygen atoms in total. The fourth-order valence-corrected chi connectivity index (χ4v) is 0.682. The van der Waals surface area contributed by atoms with Crippen LogP contribution in [0.25, 0.3) is 0 Å². The number of nitrogens with one attached hydrogen (secondary N) is 1. The summed E-state index contributed by atoms with van der Waals surface area (Å²) in [7, 11) is -3.67. The van der Waals surface area contributed by atoms with Gasteiger partial charge in [-0.1, -0.05) is 0 Å². The predicted molar refractivity (Wildman–Crippen MR) is 45.9 cm³/mol. The zero-order valence-corrected chi connectivity index (χ0v) is 8.24. The number of amides is 2. The first-order chi connectivity index (χ1) is 6.20. The Kier molecular flexibility index (Phi) is 4.68. The van der Waals surface area contributed by atoms with Crippen LogP contribution < -0.4 is 5.32 Å². The zero-order chi connectivity index (χ0) is 11.4. The third kappa shape index (κ3) is 7.65. The van der Waals surface area contributed by atoms with Gasteiger partial charge in [0.1, 0.15) is 6.10 Å². The van der Waals surface area contributed by atoms with Crippen LogP contribution >= 0.6 is 0 Å². The fraction of sp³-hybridized carbons (Fsp3) is 0.667. The van der Waals surface area contributed by atoms with Crippen LogP contribution in [0.3, 0.4) is 0 Å². The summed E-state index contributed by atoms with van der Waals surface area (Å²) in [5.41, 5.74) is 0. The number of carbonyl (C=O) groups is 2. The topological polar surface area (TPSA) is 121 Å². The van der Waals surface area contributed by atoms with Crippen LogP contribution in [0, 0.1) is 0 Å². The van der Waals surface area contributed by atoms with Gasteiger partial charge >= 0.3 is 0 Å². The van der Waals surface area contributed by atoms with Crippen molar-refractivity contribution < 1.29 is 27.7 Å². The molecule has 1 atom stereocenters. The van der Waals surface area contributed by atoms with Gasteiger partial charge in [-0.2, -0.15) is 8.42 Å². The van der Waals surface area contributed by atoms with Crippen molar-refractivity contribution in [3.05, 3.63) is 0 Å². The maximum absolute atomic E-state index is 10.4. The Balaban J connectivity index is 0.000000292. The van der Waals surface area contributed by atoms with Crippen LogP contribution in [-0.2, 0) is 19.7 Å². The molecule has 82 valence electrons. The number of imide groups is 1. The lowest BCUT2D eigenvalue weighted by molar-refractivity contribution is -0.140. The SMILES string of the molecule is CS(=O)(=O)O.O=C1CCC(O)C(=O)N1. The molecular weight excluding hydrogens is 214 g/mol. The first-order valence-electron chi connectivity index (χ1n) is 3.64. The lowest BCUT2D eigenvalue weighted by Crippen LogP contribution is -2.43. The van der Waals surface area contributed by atoms with Gasteiger partial charge in [0.15, 0.2) is 0 Å². The lowest BCUT2D eigenvalue weighted by Gasteiger charge is -2.14. The van der Waals surface area contributed by atoms with Gasteiger partial charge in [-0.3, -0.25) is 19.5 Å². The van der Waals surface area contributed by atoms with Gasteiger partial charge in [0, 0.05) is 6.42 Å². The number of carbonyl (C=O) groups excluding carboxylic acids is 2. The van der Waals surface area contributed by atoms with E-state index in [1.807, 2.05) is 5.32 Å². The second-order valence-electron chi connectivity index (χ2n) is 2.70. The normalized spacial score (nSPS) is 22.1. The summed E-state index contributed by atoms with van der Waals surface area (Å²) in [5.74, 6) is -0.878. The van der Waals surface area contributed by atoms with E-state index >= 15 is 0 Å². The molecule has 0 bridgehead atoms. The summed E-state index contributed by atoms with van der Waals surface area (Å²) in [6, 6.07) is 0. The van der Waals surface area contributed by atoms with E-state index in [4.69, 9.17) is 9.66 Å². The smallest absolute Gasteiger partial charge is 0.261 e. The number of hydrogen-bond donors (Lipinski definition) is 3. The lowest BCUT2D eigenvalue weighted by atomic mass is 10.1. The molecule has 1 aliphatic heterocycles. The van der Waals surface area contributed by atoms with Gasteiger partial charge in [0.25, 0.3) is 16.0 Å². The monoisotopic (exact) mass is 225 g/mol. The maximum atomic E-state index is 10.4. The summed E-state index contributed by atoms with van der Waals surface area (Å²) in [4.78, 5) is 20.8. The molecular formula is C6H11NO6S. The van der Waals surface area contributed by atoms with Crippen molar-refractivity contribution in [1.29, 1.82) is 0 Å². The highest BCUT2D eigenvalue weighted by Crippen LogP contribution is 2.02. The van der Waals surface area contributed by atoms with Crippen molar-refractivity contribution in [2.45, 2.75) is 18.9 Å². The second-order valence-corrected chi connectivity index (χ2v) is 4.17. The highest BCUT2D eigenvalue weighted by Gasteiger charge is 2.23. The van der Waals surface area contributed by atoms with Crippen molar-refractivity contribution >= 4 is 21.9 Å². The molecule has 1 saturated heterocycles. The number of aliphatic hydroxyl groups is 1. The molecule has 8 heteroatoms. The Bertz CT molecular complexity index is 313. The molecule has 0 spiro atoms. The summed E-state index contributed by atoms with van der Waals surface area (Å²) in [6.07, 6.45) is 0.229. The van der Waals surface area contributed by atoms with E-state index in [1.54, 1.807) is 0 Å². The molecule has 0 aromatic carbocycles. The van der Waals surface area contributed by atoms with Crippen LogP contribution in [-0.4, -0.2) is 42.3 Å².